The highest BCUT2D eigenvalue weighted by atomic mass is 79.9. The summed E-state index contributed by atoms with van der Waals surface area (Å²) in [7, 11) is 0. The highest BCUT2D eigenvalue weighted by Crippen LogP contribution is 2.25. The van der Waals surface area contributed by atoms with Gasteiger partial charge < -0.3 is 4.74 Å². The van der Waals surface area contributed by atoms with Crippen molar-refractivity contribution in [1.29, 1.82) is 0 Å². The minimum Gasteiger partial charge on any atom is -0.406 e. The van der Waals surface area contributed by atoms with E-state index in [1.165, 1.54) is 6.92 Å². The first-order valence-electron chi connectivity index (χ1n) is 4.44. The second kappa shape index (κ2) is 5.03. The van der Waals surface area contributed by atoms with Crippen LogP contribution in [0.4, 0.5) is 17.6 Å². The molecule has 0 heterocycles. The molecule has 0 fully saturated rings. The van der Waals surface area contributed by atoms with Crippen molar-refractivity contribution in [2.75, 3.05) is 0 Å². The fraction of sp³-hybridized carbons (Fsp3) is 0.300. The molecular formula is C10H7BrF4O2. The van der Waals surface area contributed by atoms with E-state index < -0.39 is 34.1 Å². The Morgan fingerprint density at radius 1 is 1.41 bits per heavy atom. The standard InChI is InChI=1S/C10H7BrF4O2/c1-5(11)9(16)7-4-6(2-3-8(7)12)17-10(13,14)15/h2-5H,1H3. The molecule has 0 radical (unpaired) electrons. The number of ketones is 1. The molecule has 1 aromatic rings. The summed E-state index contributed by atoms with van der Waals surface area (Å²) < 4.78 is 52.6. The molecule has 0 spiro atoms. The molecule has 0 bridgehead atoms. The van der Waals surface area contributed by atoms with Gasteiger partial charge in [-0.05, 0) is 25.1 Å². The Balaban J connectivity index is 3.07. The van der Waals surface area contributed by atoms with E-state index in [4.69, 9.17) is 0 Å². The predicted octanol–water partition coefficient (Wildman–Crippen LogP) is 3.69. The number of rotatable bonds is 3. The molecule has 7 heteroatoms. The summed E-state index contributed by atoms with van der Waals surface area (Å²) in [5.41, 5.74) is -0.448. The Labute approximate surface area is 103 Å². The smallest absolute Gasteiger partial charge is 0.406 e. The normalized spacial score (nSPS) is 13.3. The molecule has 2 nitrogen and oxygen atoms in total. The molecule has 17 heavy (non-hydrogen) atoms. The van der Waals surface area contributed by atoms with Crippen molar-refractivity contribution in [2.45, 2.75) is 18.1 Å². The lowest BCUT2D eigenvalue weighted by Gasteiger charge is -2.10. The molecule has 0 aromatic heterocycles. The second-order valence-electron chi connectivity index (χ2n) is 3.17. The Hall–Kier alpha value is -1.11. The van der Waals surface area contributed by atoms with Crippen molar-refractivity contribution in [3.05, 3.63) is 29.6 Å². The molecule has 1 aromatic carbocycles. The topological polar surface area (TPSA) is 26.3 Å². The minimum absolute atomic E-state index is 0.448. The quantitative estimate of drug-likeness (QED) is 0.483. The van der Waals surface area contributed by atoms with Crippen molar-refractivity contribution in [2.24, 2.45) is 0 Å². The third kappa shape index (κ3) is 3.99. The molecule has 0 saturated carbocycles. The number of hydrogen-bond acceptors (Lipinski definition) is 2. The summed E-state index contributed by atoms with van der Waals surface area (Å²) in [6.45, 7) is 1.44. The van der Waals surface area contributed by atoms with E-state index in [2.05, 4.69) is 20.7 Å². The van der Waals surface area contributed by atoms with Gasteiger partial charge in [0.2, 0.25) is 0 Å². The second-order valence-corrected chi connectivity index (χ2v) is 4.54. The molecule has 1 unspecified atom stereocenters. The van der Waals surface area contributed by atoms with E-state index >= 15 is 0 Å². The van der Waals surface area contributed by atoms with Gasteiger partial charge in [0, 0.05) is 0 Å². The monoisotopic (exact) mass is 314 g/mol. The number of halogens is 5. The lowest BCUT2D eigenvalue weighted by Crippen LogP contribution is -2.18. The van der Waals surface area contributed by atoms with Crippen molar-refractivity contribution in [3.63, 3.8) is 0 Å². The molecule has 1 rings (SSSR count). The average molecular weight is 315 g/mol. The van der Waals surface area contributed by atoms with E-state index in [1.807, 2.05) is 0 Å². The summed E-state index contributed by atoms with van der Waals surface area (Å²) in [6.07, 6.45) is -4.88. The highest BCUT2D eigenvalue weighted by molar-refractivity contribution is 9.10. The van der Waals surface area contributed by atoms with E-state index in [-0.39, 0.29) is 0 Å². The maximum Gasteiger partial charge on any atom is 0.573 e. The first-order valence-corrected chi connectivity index (χ1v) is 5.36. The first-order chi connectivity index (χ1) is 7.70. The zero-order valence-corrected chi connectivity index (χ0v) is 10.1. The number of alkyl halides is 4. The molecule has 0 N–H and O–H groups in total. The Kier molecular flexibility index (Phi) is 4.13. The van der Waals surface area contributed by atoms with E-state index in [9.17, 15) is 22.4 Å². The van der Waals surface area contributed by atoms with Crippen LogP contribution >= 0.6 is 15.9 Å². The van der Waals surface area contributed by atoms with Crippen LogP contribution in [0, 0.1) is 5.82 Å². The van der Waals surface area contributed by atoms with Crippen LogP contribution in [-0.4, -0.2) is 17.0 Å². The third-order valence-electron chi connectivity index (χ3n) is 1.80. The van der Waals surface area contributed by atoms with Gasteiger partial charge in [-0.25, -0.2) is 4.39 Å². The summed E-state index contributed by atoms with van der Waals surface area (Å²) in [5.74, 6) is -2.18. The maximum absolute atomic E-state index is 13.2. The minimum atomic E-state index is -4.88. The van der Waals surface area contributed by atoms with Crippen LogP contribution in [0.5, 0.6) is 5.75 Å². The van der Waals surface area contributed by atoms with Gasteiger partial charge in [0.1, 0.15) is 11.6 Å². The molecule has 1 atom stereocenters. The fourth-order valence-electron chi connectivity index (χ4n) is 1.10. The van der Waals surface area contributed by atoms with Gasteiger partial charge in [-0.2, -0.15) is 0 Å². The lowest BCUT2D eigenvalue weighted by atomic mass is 10.1. The van der Waals surface area contributed by atoms with Crippen molar-refractivity contribution in [3.8, 4) is 5.75 Å². The van der Waals surface area contributed by atoms with Crippen LogP contribution in [0.15, 0.2) is 18.2 Å². The van der Waals surface area contributed by atoms with Gasteiger partial charge in [0.05, 0.1) is 10.4 Å². The van der Waals surface area contributed by atoms with Crippen molar-refractivity contribution >= 4 is 21.7 Å². The maximum atomic E-state index is 13.2. The zero-order chi connectivity index (χ0) is 13.2. The van der Waals surface area contributed by atoms with Gasteiger partial charge in [-0.3, -0.25) is 4.79 Å². The van der Waals surface area contributed by atoms with Crippen LogP contribution in [0.1, 0.15) is 17.3 Å². The lowest BCUT2D eigenvalue weighted by molar-refractivity contribution is -0.274. The Bertz CT molecular complexity index is 429. The van der Waals surface area contributed by atoms with E-state index in [1.54, 1.807) is 0 Å². The fourth-order valence-corrected chi connectivity index (χ4v) is 1.35. The van der Waals surface area contributed by atoms with Crippen molar-refractivity contribution < 1.29 is 27.1 Å². The van der Waals surface area contributed by atoms with Crippen LogP contribution in [0.25, 0.3) is 0 Å². The first kappa shape index (κ1) is 14.0. The summed E-state index contributed by atoms with van der Waals surface area (Å²) in [6, 6.07) is 2.28. The van der Waals surface area contributed by atoms with Crippen LogP contribution in [-0.2, 0) is 0 Å². The van der Waals surface area contributed by atoms with Crippen LogP contribution < -0.4 is 4.74 Å². The van der Waals surface area contributed by atoms with Gasteiger partial charge >= 0.3 is 6.36 Å². The SMILES string of the molecule is CC(Br)C(=O)c1cc(OC(F)(F)F)ccc1F. The number of ether oxygens (including phenoxy) is 1. The highest BCUT2D eigenvalue weighted by Gasteiger charge is 2.31. The van der Waals surface area contributed by atoms with Crippen LogP contribution in [0.2, 0.25) is 0 Å². The number of benzene rings is 1. The number of carbonyl (C=O) groups is 1. The molecule has 0 saturated heterocycles. The van der Waals surface area contributed by atoms with Gasteiger partial charge in [-0.15, -0.1) is 13.2 Å². The zero-order valence-electron chi connectivity index (χ0n) is 8.52. The molecule has 0 aliphatic rings. The molecular weight excluding hydrogens is 308 g/mol. The van der Waals surface area contributed by atoms with Gasteiger partial charge in [0.15, 0.2) is 5.78 Å². The molecule has 0 amide bonds. The summed E-state index contributed by atoms with van der Waals surface area (Å²) in [4.78, 5) is 10.8. The largest absolute Gasteiger partial charge is 0.573 e. The number of carbonyl (C=O) groups excluding carboxylic acids is 1. The van der Waals surface area contributed by atoms with Crippen LogP contribution in [0.3, 0.4) is 0 Å². The van der Waals surface area contributed by atoms with Crippen molar-refractivity contribution in [1.82, 2.24) is 0 Å². The average Bonchev–Trinajstić information content (AvgIpc) is 2.17. The summed E-state index contributed by atoms with van der Waals surface area (Å²) >= 11 is 2.92. The Morgan fingerprint density at radius 2 is 2.00 bits per heavy atom. The Morgan fingerprint density at radius 3 is 2.47 bits per heavy atom. The number of hydrogen-bond donors (Lipinski definition) is 0. The molecule has 0 aliphatic heterocycles. The molecule has 94 valence electrons. The number of Topliss-reactive ketones (excluding diaryl/α,β-unsaturated/α-hetero) is 1. The summed E-state index contributed by atoms with van der Waals surface area (Å²) in [5, 5.41) is 0. The van der Waals surface area contributed by atoms with Gasteiger partial charge in [-0.1, -0.05) is 15.9 Å². The predicted molar refractivity (Wildman–Crippen MR) is 55.8 cm³/mol. The van der Waals surface area contributed by atoms with E-state index in [0.717, 1.165) is 18.2 Å². The third-order valence-corrected chi connectivity index (χ3v) is 2.21. The van der Waals surface area contributed by atoms with E-state index in [0.29, 0.717) is 0 Å². The molecule has 0 aliphatic carbocycles. The van der Waals surface area contributed by atoms with Gasteiger partial charge in [0.25, 0.3) is 0 Å².